The van der Waals surface area contributed by atoms with E-state index in [2.05, 4.69) is 27.2 Å². The highest BCUT2D eigenvalue weighted by Gasteiger charge is 2.20. The normalized spacial score (nSPS) is 19.3. The second-order valence-electron chi connectivity index (χ2n) is 3.89. The van der Waals surface area contributed by atoms with E-state index in [4.69, 9.17) is 11.6 Å². The van der Waals surface area contributed by atoms with Crippen LogP contribution < -0.4 is 10.2 Å². The third-order valence-electron chi connectivity index (χ3n) is 2.76. The molecule has 0 spiro atoms. The first kappa shape index (κ1) is 13.5. The fourth-order valence-electron chi connectivity index (χ4n) is 1.85. The lowest BCUT2D eigenvalue weighted by Gasteiger charge is -2.24. The van der Waals surface area contributed by atoms with Crippen LogP contribution in [-0.2, 0) is 0 Å². The fourth-order valence-corrected chi connectivity index (χ4v) is 2.07. The number of likely N-dealkylation sites (N-methyl/N-ethyl adjacent to an activating group) is 1. The van der Waals surface area contributed by atoms with Crippen LogP contribution in [-0.4, -0.2) is 36.1 Å². The van der Waals surface area contributed by atoms with Crippen LogP contribution in [0.2, 0.25) is 5.28 Å². The molecule has 1 saturated heterocycles. The minimum absolute atomic E-state index is 0. The predicted octanol–water partition coefficient (Wildman–Crippen LogP) is 1.66. The second kappa shape index (κ2) is 5.66. The van der Waals surface area contributed by atoms with E-state index in [1.807, 2.05) is 13.0 Å². The standard InChI is InChI=1S/C10H15ClN4.ClH/c1-7-5-9(14-10(11)13-7)15(2)8-3-4-12-6-8;/h5,8,12H,3-4,6H2,1-2H3;1H/t8-;/m0./s1. The molecule has 1 aromatic rings. The molecule has 0 radical (unpaired) electrons. The summed E-state index contributed by atoms with van der Waals surface area (Å²) < 4.78 is 0. The molecule has 0 aliphatic carbocycles. The number of halogens is 2. The summed E-state index contributed by atoms with van der Waals surface area (Å²) in [6.07, 6.45) is 1.15. The van der Waals surface area contributed by atoms with E-state index < -0.39 is 0 Å². The molecular weight excluding hydrogens is 247 g/mol. The summed E-state index contributed by atoms with van der Waals surface area (Å²) in [5.41, 5.74) is 0.905. The highest BCUT2D eigenvalue weighted by Crippen LogP contribution is 2.18. The third-order valence-corrected chi connectivity index (χ3v) is 2.93. The summed E-state index contributed by atoms with van der Waals surface area (Å²) in [5, 5.41) is 3.66. The molecule has 0 bridgehead atoms. The first-order valence-electron chi connectivity index (χ1n) is 5.11. The summed E-state index contributed by atoms with van der Waals surface area (Å²) in [6, 6.07) is 2.47. The maximum Gasteiger partial charge on any atom is 0.224 e. The van der Waals surface area contributed by atoms with Crippen molar-refractivity contribution in [3.05, 3.63) is 17.0 Å². The molecule has 1 N–H and O–H groups in total. The fraction of sp³-hybridized carbons (Fsp3) is 0.600. The summed E-state index contributed by atoms with van der Waals surface area (Å²) in [4.78, 5) is 10.5. The first-order valence-corrected chi connectivity index (χ1v) is 5.49. The number of nitrogens with zero attached hydrogens (tertiary/aromatic N) is 3. The monoisotopic (exact) mass is 262 g/mol. The van der Waals surface area contributed by atoms with Crippen LogP contribution in [0, 0.1) is 6.92 Å². The van der Waals surface area contributed by atoms with Gasteiger partial charge in [-0.3, -0.25) is 0 Å². The van der Waals surface area contributed by atoms with Crippen LogP contribution in [0.3, 0.4) is 0 Å². The molecular formula is C10H16Cl2N4. The highest BCUT2D eigenvalue weighted by molar-refractivity contribution is 6.28. The van der Waals surface area contributed by atoms with Crippen molar-refractivity contribution in [3.8, 4) is 0 Å². The van der Waals surface area contributed by atoms with Gasteiger partial charge in [0.25, 0.3) is 0 Å². The molecule has 1 fully saturated rings. The van der Waals surface area contributed by atoms with Gasteiger partial charge in [-0.05, 0) is 31.5 Å². The smallest absolute Gasteiger partial charge is 0.224 e. The van der Waals surface area contributed by atoms with Crippen LogP contribution in [0.1, 0.15) is 12.1 Å². The van der Waals surface area contributed by atoms with Gasteiger partial charge in [0, 0.05) is 31.4 Å². The van der Waals surface area contributed by atoms with Crippen molar-refractivity contribution in [2.75, 3.05) is 25.0 Å². The number of hydrogen-bond acceptors (Lipinski definition) is 4. The lowest BCUT2D eigenvalue weighted by Crippen LogP contribution is -2.34. The Morgan fingerprint density at radius 2 is 2.25 bits per heavy atom. The SMILES string of the molecule is Cc1cc(N(C)[C@H]2CCNC2)nc(Cl)n1.Cl. The largest absolute Gasteiger partial charge is 0.355 e. The number of aryl methyl sites for hydroxylation is 1. The van der Waals surface area contributed by atoms with Gasteiger partial charge in [-0.1, -0.05) is 0 Å². The first-order chi connectivity index (χ1) is 7.16. The predicted molar refractivity (Wildman–Crippen MR) is 68.7 cm³/mol. The Bertz CT molecular complexity index is 332. The van der Waals surface area contributed by atoms with Crippen molar-refractivity contribution in [2.24, 2.45) is 0 Å². The van der Waals surface area contributed by atoms with E-state index >= 15 is 0 Å². The molecule has 1 atom stereocenters. The molecule has 2 heterocycles. The van der Waals surface area contributed by atoms with E-state index in [0.29, 0.717) is 11.3 Å². The van der Waals surface area contributed by atoms with Crippen LogP contribution in [0.15, 0.2) is 6.07 Å². The number of aromatic nitrogens is 2. The number of anilines is 1. The van der Waals surface area contributed by atoms with Gasteiger partial charge in [0.05, 0.1) is 0 Å². The van der Waals surface area contributed by atoms with Gasteiger partial charge < -0.3 is 10.2 Å². The van der Waals surface area contributed by atoms with E-state index in [0.717, 1.165) is 31.0 Å². The van der Waals surface area contributed by atoms with Gasteiger partial charge >= 0.3 is 0 Å². The lowest BCUT2D eigenvalue weighted by molar-refractivity contribution is 0.676. The molecule has 4 nitrogen and oxygen atoms in total. The van der Waals surface area contributed by atoms with E-state index in [9.17, 15) is 0 Å². The van der Waals surface area contributed by atoms with Crippen molar-refractivity contribution >= 4 is 29.8 Å². The second-order valence-corrected chi connectivity index (χ2v) is 4.23. The molecule has 1 aromatic heterocycles. The molecule has 1 aliphatic heterocycles. The number of hydrogen-bond donors (Lipinski definition) is 1. The van der Waals surface area contributed by atoms with Gasteiger partial charge in [0.15, 0.2) is 0 Å². The van der Waals surface area contributed by atoms with Crippen molar-refractivity contribution in [2.45, 2.75) is 19.4 Å². The zero-order valence-corrected chi connectivity index (χ0v) is 11.0. The Hall–Kier alpha value is -0.580. The summed E-state index contributed by atoms with van der Waals surface area (Å²) in [5.74, 6) is 0.904. The minimum Gasteiger partial charge on any atom is -0.355 e. The van der Waals surface area contributed by atoms with E-state index in [1.54, 1.807) is 0 Å². The van der Waals surface area contributed by atoms with Crippen LogP contribution >= 0.6 is 24.0 Å². The van der Waals surface area contributed by atoms with E-state index in [1.165, 1.54) is 0 Å². The topological polar surface area (TPSA) is 41.0 Å². The molecule has 0 amide bonds. The average Bonchev–Trinajstić information content (AvgIpc) is 2.67. The Balaban J connectivity index is 0.00000128. The van der Waals surface area contributed by atoms with Crippen molar-refractivity contribution in [3.63, 3.8) is 0 Å². The van der Waals surface area contributed by atoms with Gasteiger partial charge in [-0.2, -0.15) is 0 Å². The van der Waals surface area contributed by atoms with Crippen molar-refractivity contribution < 1.29 is 0 Å². The molecule has 90 valence electrons. The Kier molecular flexibility index (Phi) is 4.77. The van der Waals surface area contributed by atoms with Crippen molar-refractivity contribution in [1.29, 1.82) is 0 Å². The summed E-state index contributed by atoms with van der Waals surface area (Å²) in [7, 11) is 2.05. The zero-order valence-electron chi connectivity index (χ0n) is 9.40. The van der Waals surface area contributed by atoms with Crippen LogP contribution in [0.25, 0.3) is 0 Å². The van der Waals surface area contributed by atoms with Crippen molar-refractivity contribution in [1.82, 2.24) is 15.3 Å². The lowest BCUT2D eigenvalue weighted by atomic mass is 10.2. The highest BCUT2D eigenvalue weighted by atomic mass is 35.5. The molecule has 1 aliphatic rings. The van der Waals surface area contributed by atoms with Crippen LogP contribution in [0.5, 0.6) is 0 Å². The Morgan fingerprint density at radius 3 is 2.81 bits per heavy atom. The van der Waals surface area contributed by atoms with Gasteiger partial charge in [0.1, 0.15) is 5.82 Å². The quantitative estimate of drug-likeness (QED) is 0.824. The van der Waals surface area contributed by atoms with Gasteiger partial charge in [-0.25, -0.2) is 9.97 Å². The summed E-state index contributed by atoms with van der Waals surface area (Å²) in [6.45, 7) is 4.02. The Labute approximate surface area is 107 Å². The molecule has 6 heteroatoms. The average molecular weight is 263 g/mol. The number of nitrogens with one attached hydrogen (secondary N) is 1. The van der Waals surface area contributed by atoms with Crippen LogP contribution in [0.4, 0.5) is 5.82 Å². The molecule has 0 aromatic carbocycles. The maximum absolute atomic E-state index is 5.84. The van der Waals surface area contributed by atoms with E-state index in [-0.39, 0.29) is 12.4 Å². The Morgan fingerprint density at radius 1 is 1.50 bits per heavy atom. The third kappa shape index (κ3) is 2.97. The van der Waals surface area contributed by atoms with Gasteiger partial charge in [-0.15, -0.1) is 12.4 Å². The molecule has 16 heavy (non-hydrogen) atoms. The van der Waals surface area contributed by atoms with Gasteiger partial charge in [0.2, 0.25) is 5.28 Å². The maximum atomic E-state index is 5.84. The molecule has 0 saturated carbocycles. The molecule has 2 rings (SSSR count). The zero-order chi connectivity index (χ0) is 10.8. The number of rotatable bonds is 2. The summed E-state index contributed by atoms with van der Waals surface area (Å²) >= 11 is 5.84. The molecule has 0 unspecified atom stereocenters. The minimum atomic E-state index is 0.